The van der Waals surface area contributed by atoms with Gasteiger partial charge in [0.05, 0.1) is 13.5 Å². The third-order valence-corrected chi connectivity index (χ3v) is 9.71. The van der Waals surface area contributed by atoms with Crippen LogP contribution in [0.25, 0.3) is 11.1 Å². The van der Waals surface area contributed by atoms with E-state index < -0.39 is 0 Å². The van der Waals surface area contributed by atoms with Crippen LogP contribution in [0.5, 0.6) is 5.75 Å². The summed E-state index contributed by atoms with van der Waals surface area (Å²) in [5.41, 5.74) is 6.59. The predicted octanol–water partition coefficient (Wildman–Crippen LogP) is 8.92. The van der Waals surface area contributed by atoms with Gasteiger partial charge in [-0.1, -0.05) is 77.0 Å². The van der Waals surface area contributed by atoms with Gasteiger partial charge in [0.25, 0.3) is 0 Å². The monoisotopic (exact) mass is 558 g/mol. The van der Waals surface area contributed by atoms with Crippen molar-refractivity contribution in [1.29, 1.82) is 0 Å². The van der Waals surface area contributed by atoms with Gasteiger partial charge in [-0.25, -0.2) is 0 Å². The zero-order valence-electron chi connectivity index (χ0n) is 26.0. The lowest BCUT2D eigenvalue weighted by Gasteiger charge is -2.32. The molecule has 2 aliphatic rings. The molecule has 0 aromatic heterocycles. The number of fused-ring (bicyclic) bond motifs is 1. The van der Waals surface area contributed by atoms with Crippen molar-refractivity contribution in [1.82, 2.24) is 0 Å². The second-order valence-electron chi connectivity index (χ2n) is 12.9. The molecule has 0 spiro atoms. The largest absolute Gasteiger partial charge is 0.496 e. The Morgan fingerprint density at radius 1 is 0.976 bits per heavy atom. The van der Waals surface area contributed by atoms with Gasteiger partial charge in [-0.05, 0) is 91.7 Å². The maximum atomic E-state index is 13.7. The molecule has 4 rings (SSSR count). The Hall–Kier alpha value is -2.75. The maximum absolute atomic E-state index is 13.7. The molecule has 0 heterocycles. The Balaban J connectivity index is 1.66. The Bertz CT molecular complexity index is 1240. The van der Waals surface area contributed by atoms with Crippen molar-refractivity contribution in [3.8, 4) is 16.9 Å². The van der Waals surface area contributed by atoms with E-state index in [4.69, 9.17) is 4.74 Å². The summed E-state index contributed by atoms with van der Waals surface area (Å²) in [4.78, 5) is 38.5. The molecule has 3 unspecified atom stereocenters. The third kappa shape index (κ3) is 7.56. The zero-order chi connectivity index (χ0) is 29.5. The van der Waals surface area contributed by atoms with E-state index in [9.17, 15) is 14.4 Å². The summed E-state index contributed by atoms with van der Waals surface area (Å²) >= 11 is 0. The van der Waals surface area contributed by atoms with Crippen molar-refractivity contribution >= 4 is 17.3 Å². The summed E-state index contributed by atoms with van der Waals surface area (Å²) < 4.78 is 5.87. The molecule has 2 aromatic carbocycles. The van der Waals surface area contributed by atoms with E-state index in [1.165, 1.54) is 44.6 Å². The van der Waals surface area contributed by atoms with Crippen molar-refractivity contribution in [3.05, 3.63) is 52.6 Å². The minimum Gasteiger partial charge on any atom is -0.496 e. The molecular formula is C37H50O4. The molecule has 1 saturated carbocycles. The fourth-order valence-corrected chi connectivity index (χ4v) is 7.81. The number of carbonyl (C=O) groups excluding carboxylic acids is 3. The number of ketones is 3. The summed E-state index contributed by atoms with van der Waals surface area (Å²) in [5, 5.41) is 0. The van der Waals surface area contributed by atoms with Gasteiger partial charge in [-0.3, -0.25) is 14.4 Å². The first kappa shape index (κ1) is 31.2. The lowest BCUT2D eigenvalue weighted by atomic mass is 9.71. The Morgan fingerprint density at radius 3 is 2.39 bits per heavy atom. The number of methoxy groups -OCH3 is 1. The molecule has 4 heteroatoms. The van der Waals surface area contributed by atoms with Gasteiger partial charge in [-0.2, -0.15) is 0 Å². The van der Waals surface area contributed by atoms with Crippen molar-refractivity contribution in [2.24, 2.45) is 23.7 Å². The summed E-state index contributed by atoms with van der Waals surface area (Å²) in [6, 6.07) is 10.9. The number of Topliss-reactive ketones (excluding diaryl/α,β-unsaturated/α-hetero) is 3. The van der Waals surface area contributed by atoms with Crippen LogP contribution in [0.2, 0.25) is 0 Å². The number of benzene rings is 2. The summed E-state index contributed by atoms with van der Waals surface area (Å²) in [7, 11) is 1.73. The molecule has 222 valence electrons. The van der Waals surface area contributed by atoms with Crippen LogP contribution >= 0.6 is 0 Å². The average Bonchev–Trinajstić information content (AvgIpc) is 2.93. The van der Waals surface area contributed by atoms with E-state index in [0.29, 0.717) is 6.42 Å². The summed E-state index contributed by atoms with van der Waals surface area (Å²) in [6.45, 7) is 7.76. The minimum absolute atomic E-state index is 0.0193. The van der Waals surface area contributed by atoms with E-state index in [0.717, 1.165) is 78.0 Å². The molecule has 0 bridgehead atoms. The normalized spacial score (nSPS) is 19.0. The third-order valence-electron chi connectivity index (χ3n) is 9.71. The van der Waals surface area contributed by atoms with Crippen LogP contribution < -0.4 is 4.74 Å². The van der Waals surface area contributed by atoms with Crippen molar-refractivity contribution in [2.45, 2.75) is 111 Å². The molecule has 0 amide bonds. The highest BCUT2D eigenvalue weighted by Gasteiger charge is 2.34. The van der Waals surface area contributed by atoms with Crippen LogP contribution in [-0.2, 0) is 22.4 Å². The van der Waals surface area contributed by atoms with Gasteiger partial charge in [-0.15, -0.1) is 0 Å². The molecule has 2 aliphatic carbocycles. The minimum atomic E-state index is -0.121. The van der Waals surface area contributed by atoms with Crippen molar-refractivity contribution < 1.29 is 19.1 Å². The van der Waals surface area contributed by atoms with Crippen LogP contribution in [0, 0.1) is 30.6 Å². The van der Waals surface area contributed by atoms with E-state index in [-0.39, 0.29) is 41.5 Å². The van der Waals surface area contributed by atoms with Gasteiger partial charge in [0.1, 0.15) is 17.3 Å². The van der Waals surface area contributed by atoms with E-state index >= 15 is 0 Å². The zero-order valence-corrected chi connectivity index (χ0v) is 26.0. The Labute approximate surface area is 247 Å². The van der Waals surface area contributed by atoms with Crippen LogP contribution in [0.4, 0.5) is 0 Å². The highest BCUT2D eigenvalue weighted by molar-refractivity contribution is 6.02. The van der Waals surface area contributed by atoms with Crippen molar-refractivity contribution in [2.75, 3.05) is 7.11 Å². The fraction of sp³-hybridized carbons (Fsp3) is 0.595. The summed E-state index contributed by atoms with van der Waals surface area (Å²) in [5.74, 6) is 2.07. The van der Waals surface area contributed by atoms with Gasteiger partial charge >= 0.3 is 0 Å². The second kappa shape index (κ2) is 14.4. The molecule has 0 radical (unpaired) electrons. The molecule has 2 aromatic rings. The number of ether oxygens (including phenoxy) is 1. The van der Waals surface area contributed by atoms with Crippen LogP contribution in [0.3, 0.4) is 0 Å². The quantitative estimate of drug-likeness (QED) is 0.230. The van der Waals surface area contributed by atoms with Crippen molar-refractivity contribution in [3.63, 3.8) is 0 Å². The highest BCUT2D eigenvalue weighted by Crippen LogP contribution is 2.42. The van der Waals surface area contributed by atoms with Gasteiger partial charge in [0.15, 0.2) is 5.78 Å². The molecular weight excluding hydrogens is 508 g/mol. The van der Waals surface area contributed by atoms with Crippen LogP contribution in [-0.4, -0.2) is 24.5 Å². The predicted molar refractivity (Wildman–Crippen MR) is 167 cm³/mol. The molecule has 0 saturated heterocycles. The van der Waals surface area contributed by atoms with Crippen LogP contribution in [0.1, 0.15) is 118 Å². The lowest BCUT2D eigenvalue weighted by Crippen LogP contribution is -2.30. The molecule has 0 N–H and O–H groups in total. The number of carbonyl (C=O) groups is 3. The topological polar surface area (TPSA) is 60.4 Å². The Kier molecular flexibility index (Phi) is 11.0. The smallest absolute Gasteiger partial charge is 0.163 e. The molecule has 4 nitrogen and oxygen atoms in total. The standard InChI is InChI=1S/C37H50O4/c1-6-11-29(30(7-2)34(39)18-25(4)38)20-28-22-33-31(16-14-24(3)37(33)35(40)23-28)32-21-27(15-17-36(32)41-5)19-26-12-9-8-10-13-26/h14-17,21,26,28-30H,6-13,18-20,22-23H2,1-5H3. The molecule has 41 heavy (non-hydrogen) atoms. The first-order chi connectivity index (χ1) is 19.7. The molecule has 1 fully saturated rings. The van der Waals surface area contributed by atoms with Crippen LogP contribution in [0.15, 0.2) is 30.3 Å². The Morgan fingerprint density at radius 2 is 1.73 bits per heavy atom. The number of rotatable bonds is 13. The van der Waals surface area contributed by atoms with E-state index in [1.807, 2.05) is 6.92 Å². The first-order valence-electron chi connectivity index (χ1n) is 16.1. The van der Waals surface area contributed by atoms with E-state index in [1.54, 1.807) is 7.11 Å². The van der Waals surface area contributed by atoms with Gasteiger partial charge < -0.3 is 4.74 Å². The SMILES string of the molecule is CCCC(CC1CC(=O)c2c(C)ccc(-c3cc(CC4CCCCC4)ccc3OC)c2C1)C(CC)C(=O)CC(C)=O. The van der Waals surface area contributed by atoms with Gasteiger partial charge in [0, 0.05) is 23.5 Å². The highest BCUT2D eigenvalue weighted by atomic mass is 16.5. The van der Waals surface area contributed by atoms with Gasteiger partial charge in [0.2, 0.25) is 0 Å². The second-order valence-corrected chi connectivity index (χ2v) is 12.9. The first-order valence-corrected chi connectivity index (χ1v) is 16.1. The van der Waals surface area contributed by atoms with E-state index in [2.05, 4.69) is 44.2 Å². The molecule has 0 aliphatic heterocycles. The average molecular weight is 559 g/mol. The number of aryl methyl sites for hydroxylation is 1. The number of hydrogen-bond donors (Lipinski definition) is 0. The number of hydrogen-bond acceptors (Lipinski definition) is 4. The molecule has 3 atom stereocenters. The lowest BCUT2D eigenvalue weighted by molar-refractivity contribution is -0.129. The fourth-order valence-electron chi connectivity index (χ4n) is 7.81. The summed E-state index contributed by atoms with van der Waals surface area (Å²) in [6.07, 6.45) is 12.6. The maximum Gasteiger partial charge on any atom is 0.163 e.